The van der Waals surface area contributed by atoms with Crippen molar-refractivity contribution in [3.8, 4) is 11.8 Å². The third kappa shape index (κ3) is 4.04. The second kappa shape index (κ2) is 6.72. The first kappa shape index (κ1) is 15.5. The molecule has 7 heteroatoms. The summed E-state index contributed by atoms with van der Waals surface area (Å²) in [6.07, 6.45) is 0.773. The molecule has 1 heterocycles. The van der Waals surface area contributed by atoms with E-state index in [0.717, 1.165) is 0 Å². The highest BCUT2D eigenvalue weighted by Gasteiger charge is 2.25. The van der Waals surface area contributed by atoms with Gasteiger partial charge in [0.1, 0.15) is 6.61 Å². The van der Waals surface area contributed by atoms with Crippen LogP contribution in [0.15, 0.2) is 29.2 Å². The summed E-state index contributed by atoms with van der Waals surface area (Å²) in [5.41, 5.74) is 0.332. The summed E-state index contributed by atoms with van der Waals surface area (Å²) in [6, 6.07) is 6.01. The van der Waals surface area contributed by atoms with E-state index in [1.165, 1.54) is 6.07 Å². The van der Waals surface area contributed by atoms with Gasteiger partial charge in [0.2, 0.25) is 15.9 Å². The van der Waals surface area contributed by atoms with E-state index in [9.17, 15) is 13.2 Å². The number of aliphatic hydroxyl groups excluding tert-OH is 1. The number of hydrogen-bond acceptors (Lipinski definition) is 4. The van der Waals surface area contributed by atoms with Crippen LogP contribution in [-0.2, 0) is 14.8 Å². The SMILES string of the molecule is O=C1CCC(NS(=O)(=O)c2ccccc2C#CCO)CN1. The minimum atomic E-state index is -3.72. The number of sulfonamides is 1. The van der Waals surface area contributed by atoms with Crippen LogP contribution in [-0.4, -0.2) is 38.6 Å². The van der Waals surface area contributed by atoms with Crippen LogP contribution in [0.5, 0.6) is 0 Å². The molecule has 1 unspecified atom stereocenters. The lowest BCUT2D eigenvalue weighted by Gasteiger charge is -2.23. The highest BCUT2D eigenvalue weighted by atomic mass is 32.2. The van der Waals surface area contributed by atoms with Gasteiger partial charge in [-0.25, -0.2) is 13.1 Å². The van der Waals surface area contributed by atoms with Gasteiger partial charge in [0.05, 0.1) is 4.90 Å². The molecular weight excluding hydrogens is 292 g/mol. The molecule has 1 aliphatic heterocycles. The van der Waals surface area contributed by atoms with Crippen LogP contribution < -0.4 is 10.0 Å². The van der Waals surface area contributed by atoms with Crippen LogP contribution in [0, 0.1) is 11.8 Å². The Morgan fingerprint density at radius 3 is 2.81 bits per heavy atom. The number of aliphatic hydroxyl groups is 1. The number of nitrogens with one attached hydrogen (secondary N) is 2. The molecular formula is C14H16N2O4S. The average molecular weight is 308 g/mol. The molecule has 0 aromatic heterocycles. The molecule has 1 fully saturated rings. The maximum atomic E-state index is 12.4. The molecule has 0 aliphatic carbocycles. The molecule has 2 rings (SSSR count). The molecule has 1 atom stereocenters. The van der Waals surface area contributed by atoms with Crippen molar-refractivity contribution in [3.63, 3.8) is 0 Å². The highest BCUT2D eigenvalue weighted by Crippen LogP contribution is 2.16. The van der Waals surface area contributed by atoms with Crippen molar-refractivity contribution in [1.29, 1.82) is 0 Å². The lowest BCUT2D eigenvalue weighted by atomic mass is 10.1. The van der Waals surface area contributed by atoms with E-state index in [-0.39, 0.29) is 30.0 Å². The van der Waals surface area contributed by atoms with Gasteiger partial charge in [0, 0.05) is 24.6 Å². The predicted octanol–water partition coefficient (Wildman–Crippen LogP) is -0.413. The molecule has 112 valence electrons. The Hall–Kier alpha value is -1.88. The summed E-state index contributed by atoms with van der Waals surface area (Å²) < 4.78 is 27.4. The molecule has 1 aromatic rings. The van der Waals surface area contributed by atoms with Gasteiger partial charge in [-0.2, -0.15) is 0 Å². The quantitative estimate of drug-likeness (QED) is 0.661. The maximum absolute atomic E-state index is 12.4. The van der Waals surface area contributed by atoms with Gasteiger partial charge in [0.25, 0.3) is 0 Å². The summed E-state index contributed by atoms with van der Waals surface area (Å²) in [6.45, 7) is -0.0565. The average Bonchev–Trinajstić information content (AvgIpc) is 2.47. The van der Waals surface area contributed by atoms with E-state index < -0.39 is 10.0 Å². The van der Waals surface area contributed by atoms with Gasteiger partial charge >= 0.3 is 0 Å². The molecule has 1 aliphatic rings. The Balaban J connectivity index is 2.21. The Morgan fingerprint density at radius 2 is 2.14 bits per heavy atom. The van der Waals surface area contributed by atoms with Crippen molar-refractivity contribution in [2.45, 2.75) is 23.8 Å². The first-order valence-corrected chi connectivity index (χ1v) is 7.99. The number of rotatable bonds is 3. The van der Waals surface area contributed by atoms with Gasteiger partial charge < -0.3 is 10.4 Å². The van der Waals surface area contributed by atoms with Crippen molar-refractivity contribution in [2.24, 2.45) is 0 Å². The zero-order valence-electron chi connectivity index (χ0n) is 11.3. The first-order chi connectivity index (χ1) is 10.0. The van der Waals surface area contributed by atoms with Crippen LogP contribution in [0.3, 0.4) is 0 Å². The zero-order valence-corrected chi connectivity index (χ0v) is 12.1. The minimum Gasteiger partial charge on any atom is -0.384 e. The molecule has 0 saturated carbocycles. The lowest BCUT2D eigenvalue weighted by molar-refractivity contribution is -0.122. The number of hydrogen-bond donors (Lipinski definition) is 3. The van der Waals surface area contributed by atoms with Crippen molar-refractivity contribution in [2.75, 3.05) is 13.2 Å². The molecule has 21 heavy (non-hydrogen) atoms. The molecule has 0 spiro atoms. The highest BCUT2D eigenvalue weighted by molar-refractivity contribution is 7.89. The topological polar surface area (TPSA) is 95.5 Å². The van der Waals surface area contributed by atoms with Crippen LogP contribution in [0.25, 0.3) is 0 Å². The summed E-state index contributed by atoms with van der Waals surface area (Å²) in [4.78, 5) is 11.2. The maximum Gasteiger partial charge on any atom is 0.242 e. The Labute approximate surface area is 123 Å². The first-order valence-electron chi connectivity index (χ1n) is 6.51. The van der Waals surface area contributed by atoms with E-state index in [1.807, 2.05) is 0 Å². The van der Waals surface area contributed by atoms with Crippen molar-refractivity contribution in [1.82, 2.24) is 10.0 Å². The Bertz CT molecular complexity index is 678. The Morgan fingerprint density at radius 1 is 1.38 bits per heavy atom. The number of benzene rings is 1. The van der Waals surface area contributed by atoms with E-state index >= 15 is 0 Å². The van der Waals surface area contributed by atoms with Crippen LogP contribution >= 0.6 is 0 Å². The summed E-state index contributed by atoms with van der Waals surface area (Å²) in [5, 5.41) is 11.4. The van der Waals surface area contributed by atoms with Gasteiger partial charge in [-0.05, 0) is 18.6 Å². The van der Waals surface area contributed by atoms with Crippen LogP contribution in [0.1, 0.15) is 18.4 Å². The second-order valence-corrected chi connectivity index (χ2v) is 6.30. The predicted molar refractivity (Wildman–Crippen MR) is 76.8 cm³/mol. The van der Waals surface area contributed by atoms with E-state index in [2.05, 4.69) is 21.9 Å². The van der Waals surface area contributed by atoms with Crippen molar-refractivity contribution in [3.05, 3.63) is 29.8 Å². The summed E-state index contributed by atoms with van der Waals surface area (Å²) in [5.74, 6) is 5.00. The van der Waals surface area contributed by atoms with Crippen molar-refractivity contribution >= 4 is 15.9 Å². The van der Waals surface area contributed by atoms with Crippen LogP contribution in [0.4, 0.5) is 0 Å². The zero-order chi connectivity index (χ0) is 15.3. The molecule has 1 amide bonds. The van der Waals surface area contributed by atoms with E-state index in [4.69, 9.17) is 5.11 Å². The molecule has 1 saturated heterocycles. The Kier molecular flexibility index (Phi) is 4.96. The molecule has 0 bridgehead atoms. The van der Waals surface area contributed by atoms with Gasteiger partial charge in [0.15, 0.2) is 0 Å². The fourth-order valence-electron chi connectivity index (χ4n) is 2.06. The fraction of sp³-hybridized carbons (Fsp3) is 0.357. The van der Waals surface area contributed by atoms with Gasteiger partial charge in [-0.3, -0.25) is 4.79 Å². The number of carbonyl (C=O) groups is 1. The standard InChI is InChI=1S/C14H16N2O4S/c17-9-3-5-11-4-1-2-6-13(11)21(19,20)16-12-7-8-14(18)15-10-12/h1-2,4,6,12,16-17H,7-10H2,(H,15,18). The number of carbonyl (C=O) groups excluding carboxylic acids is 1. The van der Waals surface area contributed by atoms with Gasteiger partial charge in [-0.15, -0.1) is 0 Å². The largest absolute Gasteiger partial charge is 0.384 e. The summed E-state index contributed by atoms with van der Waals surface area (Å²) >= 11 is 0. The smallest absolute Gasteiger partial charge is 0.242 e. The lowest BCUT2D eigenvalue weighted by Crippen LogP contribution is -2.47. The van der Waals surface area contributed by atoms with Crippen molar-refractivity contribution < 1.29 is 18.3 Å². The molecule has 3 N–H and O–H groups in total. The number of amides is 1. The molecule has 0 radical (unpaired) electrons. The third-order valence-corrected chi connectivity index (χ3v) is 4.64. The van der Waals surface area contributed by atoms with Crippen LogP contribution in [0.2, 0.25) is 0 Å². The summed E-state index contributed by atoms with van der Waals surface area (Å²) in [7, 11) is -3.72. The van der Waals surface area contributed by atoms with E-state index in [1.54, 1.807) is 18.2 Å². The normalized spacial score (nSPS) is 18.5. The molecule has 6 nitrogen and oxygen atoms in total. The second-order valence-electron chi connectivity index (χ2n) is 4.62. The monoisotopic (exact) mass is 308 g/mol. The fourth-order valence-corrected chi connectivity index (χ4v) is 3.49. The third-order valence-electron chi connectivity index (χ3n) is 3.07. The minimum absolute atomic E-state index is 0.0698. The van der Waals surface area contributed by atoms with Gasteiger partial charge in [-0.1, -0.05) is 24.0 Å². The molecule has 1 aromatic carbocycles. The number of piperidine rings is 1. The van der Waals surface area contributed by atoms with E-state index in [0.29, 0.717) is 18.4 Å².